The van der Waals surface area contributed by atoms with E-state index in [4.69, 9.17) is 4.74 Å². The number of aliphatic imine (C=N–C) groups is 1. The van der Waals surface area contributed by atoms with Gasteiger partial charge in [-0.1, -0.05) is 26.0 Å². The highest BCUT2D eigenvalue weighted by Crippen LogP contribution is 2.13. The molecule has 0 amide bonds. The van der Waals surface area contributed by atoms with Crippen molar-refractivity contribution in [3.8, 4) is 5.75 Å². The van der Waals surface area contributed by atoms with E-state index in [-0.39, 0.29) is 11.8 Å². The lowest BCUT2D eigenvalue weighted by Crippen LogP contribution is -2.42. The fourth-order valence-electron chi connectivity index (χ4n) is 2.04. The number of nitrogens with zero attached hydrogens (tertiary/aromatic N) is 1. The molecule has 1 aromatic rings. The zero-order valence-corrected chi connectivity index (χ0v) is 16.7. The van der Waals surface area contributed by atoms with Crippen LogP contribution in [0.3, 0.4) is 0 Å². The molecule has 1 atom stereocenters. The first-order valence-electron chi connectivity index (χ1n) is 8.56. The largest absolute Gasteiger partial charge is 0.493 e. The van der Waals surface area contributed by atoms with Gasteiger partial charge in [0.1, 0.15) is 15.6 Å². The van der Waals surface area contributed by atoms with E-state index in [1.54, 1.807) is 7.05 Å². The second kappa shape index (κ2) is 10.3. The standard InChI is InChI=1S/C18H31N3O3S/c1-14(2)13-24-17-8-6-16(7-9-17)12-20-18(19-4)21-15(3)10-11-25(5,22)23/h6-9,14-15H,10-13H2,1-5H3,(H2,19,20,21). The van der Waals surface area contributed by atoms with Crippen LogP contribution in [0.2, 0.25) is 0 Å². The summed E-state index contributed by atoms with van der Waals surface area (Å²) in [4.78, 5) is 4.17. The van der Waals surface area contributed by atoms with Gasteiger partial charge in [0.2, 0.25) is 0 Å². The Hall–Kier alpha value is -1.76. The molecule has 0 saturated heterocycles. The molecule has 1 aromatic carbocycles. The predicted molar refractivity (Wildman–Crippen MR) is 104 cm³/mol. The van der Waals surface area contributed by atoms with Gasteiger partial charge in [0, 0.05) is 25.9 Å². The van der Waals surface area contributed by atoms with E-state index < -0.39 is 9.84 Å². The van der Waals surface area contributed by atoms with E-state index >= 15 is 0 Å². The molecular formula is C18H31N3O3S. The molecule has 1 unspecified atom stereocenters. The van der Waals surface area contributed by atoms with Crippen molar-refractivity contribution < 1.29 is 13.2 Å². The van der Waals surface area contributed by atoms with Crippen molar-refractivity contribution in [2.45, 2.75) is 39.8 Å². The van der Waals surface area contributed by atoms with E-state index in [1.165, 1.54) is 6.26 Å². The first-order chi connectivity index (χ1) is 11.7. The fraction of sp³-hybridized carbons (Fsp3) is 0.611. The molecule has 0 heterocycles. The molecule has 0 saturated carbocycles. The fourth-order valence-corrected chi connectivity index (χ4v) is 2.82. The minimum atomic E-state index is -2.94. The summed E-state index contributed by atoms with van der Waals surface area (Å²) in [6.45, 7) is 7.52. The third kappa shape index (κ3) is 9.96. The molecular weight excluding hydrogens is 338 g/mol. The van der Waals surface area contributed by atoms with Gasteiger partial charge in [-0.2, -0.15) is 0 Å². The lowest BCUT2D eigenvalue weighted by atomic mass is 10.2. The van der Waals surface area contributed by atoms with Crippen molar-refractivity contribution in [1.82, 2.24) is 10.6 Å². The summed E-state index contributed by atoms with van der Waals surface area (Å²) in [7, 11) is -1.25. The number of ether oxygens (including phenoxy) is 1. The normalized spacial score (nSPS) is 13.6. The first kappa shape index (κ1) is 21.3. The summed E-state index contributed by atoms with van der Waals surface area (Å²) >= 11 is 0. The van der Waals surface area contributed by atoms with E-state index in [0.29, 0.717) is 31.4 Å². The molecule has 6 nitrogen and oxygen atoms in total. The summed E-state index contributed by atoms with van der Waals surface area (Å²) in [5.41, 5.74) is 1.11. The highest BCUT2D eigenvalue weighted by atomic mass is 32.2. The van der Waals surface area contributed by atoms with Crippen LogP contribution < -0.4 is 15.4 Å². The van der Waals surface area contributed by atoms with Gasteiger partial charge in [0.25, 0.3) is 0 Å². The molecule has 0 fully saturated rings. The van der Waals surface area contributed by atoms with E-state index in [2.05, 4.69) is 29.5 Å². The summed E-state index contributed by atoms with van der Waals surface area (Å²) in [6.07, 6.45) is 1.79. The second-order valence-corrected chi connectivity index (χ2v) is 9.00. The quantitative estimate of drug-likeness (QED) is 0.515. The summed E-state index contributed by atoms with van der Waals surface area (Å²) in [5.74, 6) is 2.19. The number of sulfone groups is 1. The van der Waals surface area contributed by atoms with Crippen LogP contribution in [0.1, 0.15) is 32.8 Å². The molecule has 142 valence electrons. The summed E-state index contributed by atoms with van der Waals surface area (Å²) in [6, 6.07) is 7.98. The molecule has 25 heavy (non-hydrogen) atoms. The monoisotopic (exact) mass is 369 g/mol. The maximum atomic E-state index is 11.2. The average molecular weight is 370 g/mol. The molecule has 0 aromatic heterocycles. The van der Waals surface area contributed by atoms with Gasteiger partial charge in [-0.25, -0.2) is 8.42 Å². The van der Waals surface area contributed by atoms with Gasteiger partial charge in [-0.05, 0) is 37.0 Å². The Morgan fingerprint density at radius 1 is 1.20 bits per heavy atom. The van der Waals surface area contributed by atoms with Gasteiger partial charge in [-0.3, -0.25) is 4.99 Å². The van der Waals surface area contributed by atoms with Gasteiger partial charge >= 0.3 is 0 Å². The van der Waals surface area contributed by atoms with Gasteiger partial charge in [0.15, 0.2) is 5.96 Å². The zero-order valence-electron chi connectivity index (χ0n) is 15.9. The third-order valence-corrected chi connectivity index (χ3v) is 4.47. The van der Waals surface area contributed by atoms with Crippen LogP contribution in [0.25, 0.3) is 0 Å². The van der Waals surface area contributed by atoms with Crippen LogP contribution in [0.15, 0.2) is 29.3 Å². The number of hydrogen-bond acceptors (Lipinski definition) is 4. The Labute approximate surface area is 152 Å². The average Bonchev–Trinajstić information content (AvgIpc) is 2.55. The Morgan fingerprint density at radius 3 is 2.36 bits per heavy atom. The van der Waals surface area contributed by atoms with Crippen molar-refractivity contribution in [2.75, 3.05) is 25.7 Å². The highest BCUT2D eigenvalue weighted by Gasteiger charge is 2.09. The second-order valence-electron chi connectivity index (χ2n) is 6.74. The summed E-state index contributed by atoms with van der Waals surface area (Å²) in [5, 5.41) is 6.44. The minimum Gasteiger partial charge on any atom is -0.493 e. The van der Waals surface area contributed by atoms with Crippen LogP contribution in [0.5, 0.6) is 5.75 Å². The lowest BCUT2D eigenvalue weighted by Gasteiger charge is -2.17. The predicted octanol–water partition coefficient (Wildman–Crippen LogP) is 2.21. The Kier molecular flexibility index (Phi) is 8.75. The zero-order chi connectivity index (χ0) is 18.9. The van der Waals surface area contributed by atoms with Gasteiger partial charge < -0.3 is 15.4 Å². The molecule has 0 bridgehead atoms. The third-order valence-electron chi connectivity index (χ3n) is 3.50. The Morgan fingerprint density at radius 2 is 1.84 bits per heavy atom. The van der Waals surface area contributed by atoms with Crippen molar-refractivity contribution in [2.24, 2.45) is 10.9 Å². The molecule has 1 rings (SSSR count). The molecule has 0 aliphatic heterocycles. The molecule has 0 radical (unpaired) electrons. The SMILES string of the molecule is CN=C(NCc1ccc(OCC(C)C)cc1)NC(C)CCS(C)(=O)=O. The van der Waals surface area contributed by atoms with Gasteiger partial charge in [-0.15, -0.1) is 0 Å². The van der Waals surface area contributed by atoms with Crippen LogP contribution >= 0.6 is 0 Å². The molecule has 0 aliphatic carbocycles. The van der Waals surface area contributed by atoms with Crippen molar-refractivity contribution in [1.29, 1.82) is 0 Å². The number of benzene rings is 1. The van der Waals surface area contributed by atoms with E-state index in [1.807, 2.05) is 31.2 Å². The lowest BCUT2D eigenvalue weighted by molar-refractivity contribution is 0.271. The van der Waals surface area contributed by atoms with Crippen molar-refractivity contribution >= 4 is 15.8 Å². The van der Waals surface area contributed by atoms with E-state index in [0.717, 1.165) is 11.3 Å². The smallest absolute Gasteiger partial charge is 0.191 e. The molecule has 0 spiro atoms. The molecule has 7 heteroatoms. The van der Waals surface area contributed by atoms with Crippen molar-refractivity contribution in [3.05, 3.63) is 29.8 Å². The topological polar surface area (TPSA) is 79.8 Å². The Balaban J connectivity index is 2.43. The van der Waals surface area contributed by atoms with Crippen molar-refractivity contribution in [3.63, 3.8) is 0 Å². The maximum absolute atomic E-state index is 11.2. The maximum Gasteiger partial charge on any atom is 0.191 e. The van der Waals surface area contributed by atoms with Crippen LogP contribution in [-0.2, 0) is 16.4 Å². The number of rotatable bonds is 9. The summed E-state index contributed by atoms with van der Waals surface area (Å²) < 4.78 is 28.1. The molecule has 2 N–H and O–H groups in total. The van der Waals surface area contributed by atoms with Crippen LogP contribution in [0.4, 0.5) is 0 Å². The van der Waals surface area contributed by atoms with Crippen LogP contribution in [-0.4, -0.2) is 46.1 Å². The number of guanidine groups is 1. The Bertz CT molecular complexity index is 640. The van der Waals surface area contributed by atoms with Crippen LogP contribution in [0, 0.1) is 5.92 Å². The number of hydrogen-bond donors (Lipinski definition) is 2. The number of nitrogens with one attached hydrogen (secondary N) is 2. The first-order valence-corrected chi connectivity index (χ1v) is 10.6. The van der Waals surface area contributed by atoms with Gasteiger partial charge in [0.05, 0.1) is 12.4 Å². The highest BCUT2D eigenvalue weighted by molar-refractivity contribution is 7.90. The molecule has 0 aliphatic rings. The van der Waals surface area contributed by atoms with E-state index in [9.17, 15) is 8.42 Å². The minimum absolute atomic E-state index is 0.0211.